The van der Waals surface area contributed by atoms with Crippen LogP contribution in [0.15, 0.2) is 42.5 Å². The molecule has 0 saturated carbocycles. The number of morpholine rings is 1. The number of benzene rings is 2. The summed E-state index contributed by atoms with van der Waals surface area (Å²) < 4.78 is 14.1. The lowest BCUT2D eigenvalue weighted by Crippen LogP contribution is -2.38. The van der Waals surface area contributed by atoms with Crippen molar-refractivity contribution in [3.05, 3.63) is 51.7 Å². The summed E-state index contributed by atoms with van der Waals surface area (Å²) in [5, 5.41) is 5.15. The molecule has 4 rings (SSSR count). The molecular formula is C20H21IN4O3. The maximum Gasteiger partial charge on any atom is 0.269 e. The van der Waals surface area contributed by atoms with Gasteiger partial charge in [-0.05, 0) is 59.0 Å². The number of halogens is 1. The van der Waals surface area contributed by atoms with Crippen LogP contribution in [0, 0.1) is 3.57 Å². The number of rotatable bonds is 6. The number of aromatic nitrogens is 2. The Morgan fingerprint density at radius 3 is 2.79 bits per heavy atom. The molecule has 146 valence electrons. The van der Waals surface area contributed by atoms with Gasteiger partial charge in [0.15, 0.2) is 5.69 Å². The minimum absolute atomic E-state index is 0.243. The molecule has 0 atom stereocenters. The number of carbonyl (C=O) groups is 1. The topological polar surface area (TPSA) is 82.6 Å². The molecule has 0 unspecified atom stereocenters. The van der Waals surface area contributed by atoms with Crippen molar-refractivity contribution >= 4 is 39.4 Å². The average Bonchev–Trinajstić information content (AvgIpc) is 3.08. The van der Waals surface area contributed by atoms with Gasteiger partial charge in [-0.3, -0.25) is 9.69 Å². The molecule has 1 fully saturated rings. The summed E-state index contributed by atoms with van der Waals surface area (Å²) in [6, 6.07) is 13.6. The van der Waals surface area contributed by atoms with Gasteiger partial charge < -0.3 is 15.2 Å². The normalized spacial score (nSPS) is 15.0. The van der Waals surface area contributed by atoms with Gasteiger partial charge in [-0.15, -0.1) is 0 Å². The number of nitrogens with two attached hydrogens (primary N) is 1. The third kappa shape index (κ3) is 4.13. The summed E-state index contributed by atoms with van der Waals surface area (Å²) in [4.78, 5) is 14.3. The van der Waals surface area contributed by atoms with Gasteiger partial charge in [-0.25, -0.2) is 4.68 Å². The molecule has 0 aliphatic carbocycles. The van der Waals surface area contributed by atoms with Crippen molar-refractivity contribution in [1.82, 2.24) is 14.7 Å². The summed E-state index contributed by atoms with van der Waals surface area (Å²) in [5.41, 5.74) is 7.51. The predicted molar refractivity (Wildman–Crippen MR) is 115 cm³/mol. The second kappa shape index (κ2) is 8.46. The van der Waals surface area contributed by atoms with Gasteiger partial charge >= 0.3 is 0 Å². The van der Waals surface area contributed by atoms with Crippen LogP contribution in [0.1, 0.15) is 10.5 Å². The van der Waals surface area contributed by atoms with E-state index < -0.39 is 5.91 Å². The lowest BCUT2D eigenvalue weighted by atomic mass is 10.2. The quantitative estimate of drug-likeness (QED) is 0.535. The van der Waals surface area contributed by atoms with Crippen LogP contribution in [0.5, 0.6) is 5.75 Å². The molecule has 1 aromatic heterocycles. The minimum atomic E-state index is -0.556. The molecule has 2 aromatic carbocycles. The van der Waals surface area contributed by atoms with Crippen LogP contribution in [0.4, 0.5) is 0 Å². The molecule has 1 aliphatic heterocycles. The number of nitrogens with zero attached hydrogens (tertiary/aromatic N) is 3. The first-order valence-electron chi connectivity index (χ1n) is 9.13. The van der Waals surface area contributed by atoms with Crippen LogP contribution in [0.2, 0.25) is 0 Å². The van der Waals surface area contributed by atoms with E-state index in [1.807, 2.05) is 42.5 Å². The maximum atomic E-state index is 11.9. The maximum absolute atomic E-state index is 11.9. The molecule has 2 N–H and O–H groups in total. The third-order valence-corrected chi connectivity index (χ3v) is 5.39. The van der Waals surface area contributed by atoms with Gasteiger partial charge in [0, 0.05) is 28.6 Å². The van der Waals surface area contributed by atoms with Crippen LogP contribution in [-0.4, -0.2) is 60.0 Å². The van der Waals surface area contributed by atoms with Crippen LogP contribution < -0.4 is 10.5 Å². The van der Waals surface area contributed by atoms with Gasteiger partial charge in [-0.2, -0.15) is 5.10 Å². The number of carbonyl (C=O) groups excluding carboxylic acids is 1. The molecule has 7 nitrogen and oxygen atoms in total. The summed E-state index contributed by atoms with van der Waals surface area (Å²) in [7, 11) is 0. The fourth-order valence-electron chi connectivity index (χ4n) is 3.29. The Balaban J connectivity index is 1.59. The minimum Gasteiger partial charge on any atom is -0.492 e. The van der Waals surface area contributed by atoms with Crippen LogP contribution in [0.3, 0.4) is 0 Å². The Hall–Kier alpha value is -2.17. The van der Waals surface area contributed by atoms with Gasteiger partial charge in [0.05, 0.1) is 24.4 Å². The lowest BCUT2D eigenvalue weighted by molar-refractivity contribution is 0.0322. The fraction of sp³-hybridized carbons (Fsp3) is 0.300. The predicted octanol–water partition coefficient (Wildman–Crippen LogP) is 2.44. The van der Waals surface area contributed by atoms with E-state index in [0.29, 0.717) is 17.7 Å². The van der Waals surface area contributed by atoms with Crippen molar-refractivity contribution in [2.75, 3.05) is 39.5 Å². The van der Waals surface area contributed by atoms with E-state index in [-0.39, 0.29) is 5.69 Å². The first-order chi connectivity index (χ1) is 13.6. The third-order valence-electron chi connectivity index (χ3n) is 4.72. The number of primary amides is 1. The summed E-state index contributed by atoms with van der Waals surface area (Å²) in [6.45, 7) is 4.80. The number of ether oxygens (including phenoxy) is 2. The van der Waals surface area contributed by atoms with Gasteiger partial charge in [-0.1, -0.05) is 6.07 Å². The Morgan fingerprint density at radius 1 is 1.21 bits per heavy atom. The Bertz CT molecular complexity index is 998. The molecule has 0 spiro atoms. The molecule has 2 heterocycles. The van der Waals surface area contributed by atoms with Crippen molar-refractivity contribution in [3.63, 3.8) is 0 Å². The zero-order valence-corrected chi connectivity index (χ0v) is 17.5. The first kappa shape index (κ1) is 19.2. The van der Waals surface area contributed by atoms with Crippen molar-refractivity contribution in [1.29, 1.82) is 0 Å². The van der Waals surface area contributed by atoms with Crippen molar-refractivity contribution in [2.45, 2.75) is 0 Å². The van der Waals surface area contributed by atoms with Gasteiger partial charge in [0.1, 0.15) is 12.4 Å². The highest BCUT2D eigenvalue weighted by atomic mass is 127. The fourth-order valence-corrected chi connectivity index (χ4v) is 3.82. The van der Waals surface area contributed by atoms with Gasteiger partial charge in [0.25, 0.3) is 5.91 Å². The lowest BCUT2D eigenvalue weighted by Gasteiger charge is -2.26. The largest absolute Gasteiger partial charge is 0.492 e. The number of hydrogen-bond donors (Lipinski definition) is 1. The Labute approximate surface area is 176 Å². The Morgan fingerprint density at radius 2 is 2.04 bits per heavy atom. The Kier molecular flexibility index (Phi) is 5.79. The second-order valence-electron chi connectivity index (χ2n) is 6.59. The smallest absolute Gasteiger partial charge is 0.269 e. The van der Waals surface area contributed by atoms with Crippen molar-refractivity contribution < 1.29 is 14.3 Å². The summed E-state index contributed by atoms with van der Waals surface area (Å²) in [5.74, 6) is 0.144. The van der Waals surface area contributed by atoms with Crippen LogP contribution in [-0.2, 0) is 4.74 Å². The molecule has 0 radical (unpaired) electrons. The zero-order valence-electron chi connectivity index (χ0n) is 15.3. The van der Waals surface area contributed by atoms with E-state index >= 15 is 0 Å². The zero-order chi connectivity index (χ0) is 19.5. The van der Waals surface area contributed by atoms with E-state index in [1.165, 1.54) is 0 Å². The molecule has 3 aromatic rings. The number of amides is 1. The molecule has 28 heavy (non-hydrogen) atoms. The highest BCUT2D eigenvalue weighted by molar-refractivity contribution is 14.1. The summed E-state index contributed by atoms with van der Waals surface area (Å²) >= 11 is 2.25. The highest BCUT2D eigenvalue weighted by Crippen LogP contribution is 2.27. The van der Waals surface area contributed by atoms with E-state index in [4.69, 9.17) is 15.2 Å². The standard InChI is InChI=1S/C20H21IN4O3/c21-14-2-1-3-15(12-14)25-18-5-4-16(13-17(18)19(23-25)20(22)26)28-11-8-24-6-9-27-10-7-24/h1-5,12-13H,6-11H2,(H2,22,26). The van der Waals surface area contributed by atoms with Gasteiger partial charge in [0.2, 0.25) is 0 Å². The molecular weight excluding hydrogens is 471 g/mol. The summed E-state index contributed by atoms with van der Waals surface area (Å²) in [6.07, 6.45) is 0. The van der Waals surface area contributed by atoms with E-state index in [1.54, 1.807) is 4.68 Å². The molecule has 1 amide bonds. The van der Waals surface area contributed by atoms with E-state index in [9.17, 15) is 4.79 Å². The molecule has 1 saturated heterocycles. The van der Waals surface area contributed by atoms with Crippen molar-refractivity contribution in [2.24, 2.45) is 5.73 Å². The van der Waals surface area contributed by atoms with Crippen LogP contribution >= 0.6 is 22.6 Å². The van der Waals surface area contributed by atoms with Crippen LogP contribution in [0.25, 0.3) is 16.6 Å². The molecule has 8 heteroatoms. The highest BCUT2D eigenvalue weighted by Gasteiger charge is 2.17. The average molecular weight is 492 g/mol. The first-order valence-corrected chi connectivity index (χ1v) is 10.2. The van der Waals surface area contributed by atoms with E-state index in [0.717, 1.165) is 47.6 Å². The SMILES string of the molecule is NC(=O)c1nn(-c2cccc(I)c2)c2ccc(OCCN3CCOCC3)cc12. The monoisotopic (exact) mass is 492 g/mol. The van der Waals surface area contributed by atoms with Crippen molar-refractivity contribution in [3.8, 4) is 11.4 Å². The number of fused-ring (bicyclic) bond motifs is 1. The molecule has 1 aliphatic rings. The second-order valence-corrected chi connectivity index (χ2v) is 7.83. The number of hydrogen-bond acceptors (Lipinski definition) is 5. The van der Waals surface area contributed by atoms with E-state index in [2.05, 4.69) is 32.6 Å². The molecule has 0 bridgehead atoms.